The van der Waals surface area contributed by atoms with E-state index >= 15 is 0 Å². The van der Waals surface area contributed by atoms with Crippen LogP contribution in [0.15, 0.2) is 35.4 Å². The van der Waals surface area contributed by atoms with Crippen molar-refractivity contribution in [1.82, 2.24) is 14.5 Å². The topological polar surface area (TPSA) is 95.2 Å². The van der Waals surface area contributed by atoms with Gasteiger partial charge in [0.15, 0.2) is 0 Å². The van der Waals surface area contributed by atoms with Gasteiger partial charge in [0.25, 0.3) is 0 Å². The van der Waals surface area contributed by atoms with E-state index in [9.17, 15) is 13.2 Å². The number of rotatable bonds is 4. The molecule has 0 aliphatic carbocycles. The number of aromatic amines is 1. The van der Waals surface area contributed by atoms with Crippen LogP contribution >= 0.6 is 11.6 Å². The molecule has 2 heterocycles. The second-order valence-electron chi connectivity index (χ2n) is 6.04. The van der Waals surface area contributed by atoms with Crippen molar-refractivity contribution < 1.29 is 13.2 Å². The van der Waals surface area contributed by atoms with E-state index in [2.05, 4.69) is 15.5 Å². The van der Waals surface area contributed by atoms with Crippen LogP contribution in [0.3, 0.4) is 0 Å². The van der Waals surface area contributed by atoms with Gasteiger partial charge in [0.1, 0.15) is 0 Å². The number of piperidine rings is 1. The molecule has 0 saturated carbocycles. The molecule has 9 heteroatoms. The second-order valence-corrected chi connectivity index (χ2v) is 8.41. The van der Waals surface area contributed by atoms with Crippen molar-refractivity contribution in [3.63, 3.8) is 0 Å². The molecule has 25 heavy (non-hydrogen) atoms. The molecule has 1 amide bonds. The number of halogens is 1. The minimum Gasteiger partial charge on any atom is -0.323 e. The first-order valence-corrected chi connectivity index (χ1v) is 9.76. The Kier molecular flexibility index (Phi) is 5.12. The van der Waals surface area contributed by atoms with E-state index in [1.54, 1.807) is 24.4 Å². The summed E-state index contributed by atoms with van der Waals surface area (Å²) in [5.41, 5.74) is 1.35. The fourth-order valence-corrected chi connectivity index (χ4v) is 4.89. The molecule has 1 aromatic heterocycles. The Hall–Kier alpha value is -1.90. The first kappa shape index (κ1) is 17.9. The molecular weight excluding hydrogens is 364 g/mol. The summed E-state index contributed by atoms with van der Waals surface area (Å²) in [4.78, 5) is 11.5. The SMILES string of the molecule is CC(=O)Nc1cn[nH]c1C1CCCN(S(=O)(=O)c2cccc(Cl)c2)C1. The predicted molar refractivity (Wildman–Crippen MR) is 95.1 cm³/mol. The van der Waals surface area contributed by atoms with Crippen LogP contribution < -0.4 is 5.32 Å². The van der Waals surface area contributed by atoms with Gasteiger partial charge in [0, 0.05) is 31.0 Å². The van der Waals surface area contributed by atoms with E-state index in [4.69, 9.17) is 11.6 Å². The van der Waals surface area contributed by atoms with Crippen LogP contribution in [0.2, 0.25) is 5.02 Å². The number of hydrogen-bond donors (Lipinski definition) is 2. The average molecular weight is 383 g/mol. The highest BCUT2D eigenvalue weighted by Gasteiger charge is 2.32. The number of benzene rings is 1. The van der Waals surface area contributed by atoms with Crippen LogP contribution in [-0.2, 0) is 14.8 Å². The Bertz CT molecular complexity index is 881. The summed E-state index contributed by atoms with van der Waals surface area (Å²) in [6, 6.07) is 6.27. The molecule has 7 nitrogen and oxygen atoms in total. The van der Waals surface area contributed by atoms with Crippen LogP contribution in [-0.4, -0.2) is 41.9 Å². The number of hydrogen-bond acceptors (Lipinski definition) is 4. The molecule has 0 radical (unpaired) electrons. The maximum Gasteiger partial charge on any atom is 0.243 e. The van der Waals surface area contributed by atoms with Gasteiger partial charge in [-0.3, -0.25) is 9.89 Å². The minimum absolute atomic E-state index is 0.0629. The smallest absolute Gasteiger partial charge is 0.243 e. The third-order valence-electron chi connectivity index (χ3n) is 4.21. The van der Waals surface area contributed by atoms with Crippen LogP contribution in [0.1, 0.15) is 31.4 Å². The largest absolute Gasteiger partial charge is 0.323 e. The van der Waals surface area contributed by atoms with Crippen molar-refractivity contribution in [2.75, 3.05) is 18.4 Å². The summed E-state index contributed by atoms with van der Waals surface area (Å²) in [7, 11) is -3.62. The van der Waals surface area contributed by atoms with Gasteiger partial charge in [-0.1, -0.05) is 17.7 Å². The lowest BCUT2D eigenvalue weighted by atomic mass is 9.95. The second kappa shape index (κ2) is 7.15. The highest BCUT2D eigenvalue weighted by molar-refractivity contribution is 7.89. The number of nitrogens with zero attached hydrogens (tertiary/aromatic N) is 2. The molecule has 3 rings (SSSR count). The monoisotopic (exact) mass is 382 g/mol. The van der Waals surface area contributed by atoms with E-state index in [1.165, 1.54) is 17.3 Å². The summed E-state index contributed by atoms with van der Waals surface area (Å²) < 4.78 is 27.2. The Morgan fingerprint density at radius 2 is 2.24 bits per heavy atom. The lowest BCUT2D eigenvalue weighted by molar-refractivity contribution is -0.114. The molecule has 1 aliphatic heterocycles. The van der Waals surface area contributed by atoms with Gasteiger partial charge in [0.05, 0.1) is 22.5 Å². The molecule has 0 spiro atoms. The number of sulfonamides is 1. The van der Waals surface area contributed by atoms with E-state index in [1.807, 2.05) is 0 Å². The molecule has 1 unspecified atom stereocenters. The van der Waals surface area contributed by atoms with E-state index in [0.29, 0.717) is 23.8 Å². The molecule has 1 aliphatic rings. The van der Waals surface area contributed by atoms with Crippen LogP contribution in [0, 0.1) is 0 Å². The molecule has 1 saturated heterocycles. The van der Waals surface area contributed by atoms with Gasteiger partial charge in [0.2, 0.25) is 15.9 Å². The van der Waals surface area contributed by atoms with E-state index < -0.39 is 10.0 Å². The Balaban J connectivity index is 1.84. The van der Waals surface area contributed by atoms with Crippen LogP contribution in [0.25, 0.3) is 0 Å². The fraction of sp³-hybridized carbons (Fsp3) is 0.375. The molecule has 134 valence electrons. The number of H-pyrrole nitrogens is 1. The molecule has 2 N–H and O–H groups in total. The number of nitrogens with one attached hydrogen (secondary N) is 2. The van der Waals surface area contributed by atoms with Gasteiger partial charge >= 0.3 is 0 Å². The lowest BCUT2D eigenvalue weighted by Crippen LogP contribution is -2.39. The first-order valence-electron chi connectivity index (χ1n) is 7.94. The van der Waals surface area contributed by atoms with Gasteiger partial charge in [-0.05, 0) is 31.0 Å². The predicted octanol–water partition coefficient (Wildman–Crippen LogP) is 2.59. The normalized spacial score (nSPS) is 18.9. The lowest BCUT2D eigenvalue weighted by Gasteiger charge is -2.31. The number of carbonyl (C=O) groups is 1. The van der Waals surface area contributed by atoms with Crippen molar-refractivity contribution in [2.45, 2.75) is 30.6 Å². The maximum absolute atomic E-state index is 12.9. The fourth-order valence-electron chi connectivity index (χ4n) is 3.07. The van der Waals surface area contributed by atoms with Crippen molar-refractivity contribution in [3.8, 4) is 0 Å². The summed E-state index contributed by atoms with van der Waals surface area (Å²) in [6.45, 7) is 2.20. The van der Waals surface area contributed by atoms with Crippen molar-refractivity contribution >= 4 is 33.2 Å². The molecule has 1 atom stereocenters. The van der Waals surface area contributed by atoms with Crippen molar-refractivity contribution in [1.29, 1.82) is 0 Å². The molecule has 2 aromatic rings. The van der Waals surface area contributed by atoms with Gasteiger partial charge in [-0.15, -0.1) is 0 Å². The standard InChI is InChI=1S/C16H19ClN4O3S/c1-11(22)19-15-9-18-20-16(15)12-4-3-7-21(10-12)25(23,24)14-6-2-5-13(17)8-14/h2,5-6,8-9,12H,3-4,7,10H2,1H3,(H,18,20)(H,19,22). The zero-order chi connectivity index (χ0) is 18.0. The van der Waals surface area contributed by atoms with Gasteiger partial charge < -0.3 is 5.32 Å². The third kappa shape index (κ3) is 3.86. The average Bonchev–Trinajstić information content (AvgIpc) is 3.02. The Labute approximate surface area is 151 Å². The summed E-state index contributed by atoms with van der Waals surface area (Å²) in [5.74, 6) is -0.256. The number of amides is 1. The quantitative estimate of drug-likeness (QED) is 0.849. The maximum atomic E-state index is 12.9. The zero-order valence-electron chi connectivity index (χ0n) is 13.7. The third-order valence-corrected chi connectivity index (χ3v) is 6.30. The van der Waals surface area contributed by atoms with Gasteiger partial charge in [-0.25, -0.2) is 8.42 Å². The Morgan fingerprint density at radius 1 is 1.44 bits per heavy atom. The first-order chi connectivity index (χ1) is 11.9. The van der Waals surface area contributed by atoms with E-state index in [0.717, 1.165) is 18.5 Å². The number of aromatic nitrogens is 2. The minimum atomic E-state index is -3.62. The van der Waals surface area contributed by atoms with Crippen molar-refractivity contribution in [2.24, 2.45) is 0 Å². The van der Waals surface area contributed by atoms with Crippen LogP contribution in [0.4, 0.5) is 5.69 Å². The van der Waals surface area contributed by atoms with Crippen molar-refractivity contribution in [3.05, 3.63) is 41.2 Å². The summed E-state index contributed by atoms with van der Waals surface area (Å²) in [6.07, 6.45) is 3.08. The number of anilines is 1. The Morgan fingerprint density at radius 3 is 2.96 bits per heavy atom. The summed E-state index contributed by atoms with van der Waals surface area (Å²) in [5, 5.41) is 9.99. The van der Waals surface area contributed by atoms with E-state index in [-0.39, 0.29) is 16.7 Å². The summed E-state index contributed by atoms with van der Waals surface area (Å²) >= 11 is 5.93. The molecule has 1 fully saturated rings. The molecule has 1 aromatic carbocycles. The molecular formula is C16H19ClN4O3S. The highest BCUT2D eigenvalue weighted by Crippen LogP contribution is 2.33. The van der Waals surface area contributed by atoms with Gasteiger partial charge in [-0.2, -0.15) is 9.40 Å². The van der Waals surface area contributed by atoms with Crippen LogP contribution in [0.5, 0.6) is 0 Å². The molecule has 0 bridgehead atoms. The highest BCUT2D eigenvalue weighted by atomic mass is 35.5. The number of carbonyl (C=O) groups excluding carboxylic acids is 1. The zero-order valence-corrected chi connectivity index (χ0v) is 15.3.